The van der Waals surface area contributed by atoms with Gasteiger partial charge in [0, 0.05) is 24.2 Å². The van der Waals surface area contributed by atoms with E-state index in [4.69, 9.17) is 4.74 Å². The van der Waals surface area contributed by atoms with E-state index in [0.29, 0.717) is 13.2 Å². The molecule has 1 aromatic heterocycles. The number of guanidine groups is 1. The zero-order chi connectivity index (χ0) is 17.2. The highest BCUT2D eigenvalue weighted by Gasteiger charge is 2.00. The Balaban J connectivity index is 0.00000312. The number of thiazole rings is 1. The number of nitrogens with zero attached hydrogens (tertiary/aromatic N) is 2. The van der Waals surface area contributed by atoms with Crippen LogP contribution >= 0.6 is 35.3 Å². The van der Waals surface area contributed by atoms with Gasteiger partial charge >= 0.3 is 0 Å². The van der Waals surface area contributed by atoms with Gasteiger partial charge < -0.3 is 15.4 Å². The van der Waals surface area contributed by atoms with Crippen molar-refractivity contribution in [3.8, 4) is 5.75 Å². The second kappa shape index (κ2) is 12.1. The number of halogens is 1. The molecule has 7 heteroatoms. The van der Waals surface area contributed by atoms with Gasteiger partial charge in [0.2, 0.25) is 0 Å². The lowest BCUT2D eigenvalue weighted by Crippen LogP contribution is -2.38. The van der Waals surface area contributed by atoms with Crippen molar-refractivity contribution in [3.63, 3.8) is 0 Å². The van der Waals surface area contributed by atoms with Gasteiger partial charge in [-0.1, -0.05) is 17.7 Å². The van der Waals surface area contributed by atoms with Crippen molar-refractivity contribution >= 4 is 41.3 Å². The van der Waals surface area contributed by atoms with Crippen LogP contribution in [0.3, 0.4) is 0 Å². The summed E-state index contributed by atoms with van der Waals surface area (Å²) in [6.07, 6.45) is 2.80. The van der Waals surface area contributed by atoms with Gasteiger partial charge in [-0.25, -0.2) is 9.98 Å². The molecule has 25 heavy (non-hydrogen) atoms. The lowest BCUT2D eigenvalue weighted by atomic mass is 10.2. The molecule has 1 heterocycles. The molecule has 0 radical (unpaired) electrons. The number of aryl methyl sites for hydroxylation is 2. The van der Waals surface area contributed by atoms with Crippen molar-refractivity contribution in [2.45, 2.75) is 33.7 Å². The van der Waals surface area contributed by atoms with Gasteiger partial charge in [-0.15, -0.1) is 35.3 Å². The molecule has 0 amide bonds. The fraction of sp³-hybridized carbons (Fsp3) is 0.444. The third kappa shape index (κ3) is 8.53. The number of ether oxygens (including phenoxy) is 1. The average Bonchev–Trinajstić information content (AvgIpc) is 2.99. The van der Waals surface area contributed by atoms with Crippen LogP contribution in [0.2, 0.25) is 0 Å². The van der Waals surface area contributed by atoms with Crippen molar-refractivity contribution < 1.29 is 4.74 Å². The fourth-order valence-corrected chi connectivity index (χ4v) is 2.78. The highest BCUT2D eigenvalue weighted by molar-refractivity contribution is 14.0. The zero-order valence-electron chi connectivity index (χ0n) is 15.0. The van der Waals surface area contributed by atoms with Crippen molar-refractivity contribution in [2.75, 3.05) is 19.7 Å². The topological polar surface area (TPSA) is 58.5 Å². The molecule has 0 saturated heterocycles. The van der Waals surface area contributed by atoms with Gasteiger partial charge in [0.25, 0.3) is 0 Å². The molecule has 1 aromatic carbocycles. The van der Waals surface area contributed by atoms with E-state index in [2.05, 4.69) is 53.5 Å². The Labute approximate surface area is 171 Å². The first-order valence-electron chi connectivity index (χ1n) is 8.30. The van der Waals surface area contributed by atoms with Crippen LogP contribution in [-0.2, 0) is 6.54 Å². The van der Waals surface area contributed by atoms with Gasteiger partial charge in [0.05, 0.1) is 13.2 Å². The normalized spacial score (nSPS) is 10.9. The number of hydrogen-bond donors (Lipinski definition) is 2. The Kier molecular flexibility index (Phi) is 10.5. The van der Waals surface area contributed by atoms with Gasteiger partial charge in [0.1, 0.15) is 10.8 Å². The molecule has 2 aromatic rings. The maximum atomic E-state index is 5.73. The van der Waals surface area contributed by atoms with Crippen LogP contribution in [0, 0.1) is 13.8 Å². The van der Waals surface area contributed by atoms with Gasteiger partial charge in [0.15, 0.2) is 5.96 Å². The third-order valence-electron chi connectivity index (χ3n) is 3.29. The van der Waals surface area contributed by atoms with E-state index in [1.54, 1.807) is 11.3 Å². The van der Waals surface area contributed by atoms with Crippen molar-refractivity contribution in [1.82, 2.24) is 15.6 Å². The minimum Gasteiger partial charge on any atom is -0.494 e. The number of aromatic nitrogens is 1. The van der Waals surface area contributed by atoms with E-state index < -0.39 is 0 Å². The first-order valence-corrected chi connectivity index (χ1v) is 9.12. The predicted octanol–water partition coefficient (Wildman–Crippen LogP) is 3.90. The summed E-state index contributed by atoms with van der Waals surface area (Å²) in [5.74, 6) is 1.74. The summed E-state index contributed by atoms with van der Waals surface area (Å²) in [6.45, 7) is 9.13. The summed E-state index contributed by atoms with van der Waals surface area (Å²) < 4.78 is 5.73. The van der Waals surface area contributed by atoms with Crippen LogP contribution in [-0.4, -0.2) is 30.6 Å². The third-order valence-corrected chi connectivity index (χ3v) is 4.19. The molecule has 0 aliphatic rings. The van der Waals surface area contributed by atoms with Crippen LogP contribution in [0.15, 0.2) is 35.5 Å². The highest BCUT2D eigenvalue weighted by atomic mass is 127. The Hall–Kier alpha value is -1.35. The van der Waals surface area contributed by atoms with Crippen molar-refractivity contribution in [1.29, 1.82) is 0 Å². The molecule has 138 valence electrons. The van der Waals surface area contributed by atoms with Crippen LogP contribution < -0.4 is 15.4 Å². The van der Waals surface area contributed by atoms with E-state index in [1.807, 2.05) is 18.3 Å². The van der Waals surface area contributed by atoms with E-state index in [0.717, 1.165) is 36.2 Å². The van der Waals surface area contributed by atoms with Crippen LogP contribution in [0.5, 0.6) is 5.75 Å². The first-order chi connectivity index (χ1) is 11.7. The number of rotatable bonds is 8. The molecule has 0 aliphatic carbocycles. The molecule has 0 fully saturated rings. The van der Waals surface area contributed by atoms with Gasteiger partial charge in [-0.2, -0.15) is 0 Å². The number of hydrogen-bond acceptors (Lipinski definition) is 4. The lowest BCUT2D eigenvalue weighted by molar-refractivity contribution is 0.311. The van der Waals surface area contributed by atoms with Crippen molar-refractivity contribution in [3.05, 3.63) is 45.9 Å². The highest BCUT2D eigenvalue weighted by Crippen LogP contribution is 2.12. The summed E-state index contributed by atoms with van der Waals surface area (Å²) in [4.78, 5) is 10.1. The minimum absolute atomic E-state index is 0. The minimum atomic E-state index is 0. The maximum Gasteiger partial charge on any atom is 0.191 e. The molecule has 5 nitrogen and oxygen atoms in total. The molecule has 0 aliphatic heterocycles. The maximum absolute atomic E-state index is 5.73. The van der Waals surface area contributed by atoms with Gasteiger partial charge in [-0.3, -0.25) is 0 Å². The Morgan fingerprint density at radius 2 is 1.96 bits per heavy atom. The standard InChI is InChI=1S/C18H26N4OS.HI/c1-4-19-18(22-13-17-21-12-15(3)24-17)20-10-5-11-23-16-8-6-14(2)7-9-16;/h6-9,12H,4-5,10-11,13H2,1-3H3,(H2,19,20,22);1H. The van der Waals surface area contributed by atoms with E-state index >= 15 is 0 Å². The summed E-state index contributed by atoms with van der Waals surface area (Å²) >= 11 is 1.68. The first kappa shape index (κ1) is 21.7. The quantitative estimate of drug-likeness (QED) is 0.264. The Morgan fingerprint density at radius 3 is 2.60 bits per heavy atom. The largest absolute Gasteiger partial charge is 0.494 e. The number of aliphatic imine (C=N–C) groups is 1. The molecule has 0 saturated carbocycles. The average molecular weight is 474 g/mol. The molecule has 0 unspecified atom stereocenters. The van der Waals surface area contributed by atoms with Crippen molar-refractivity contribution in [2.24, 2.45) is 4.99 Å². The molecule has 2 rings (SSSR count). The molecular formula is C18H27IN4OS. The van der Waals surface area contributed by atoms with E-state index in [9.17, 15) is 0 Å². The predicted molar refractivity (Wildman–Crippen MR) is 116 cm³/mol. The van der Waals surface area contributed by atoms with E-state index in [-0.39, 0.29) is 24.0 Å². The summed E-state index contributed by atoms with van der Waals surface area (Å²) in [6, 6.07) is 8.13. The van der Waals surface area contributed by atoms with Crippen LogP contribution in [0.4, 0.5) is 0 Å². The zero-order valence-corrected chi connectivity index (χ0v) is 18.2. The van der Waals surface area contributed by atoms with Crippen LogP contribution in [0.25, 0.3) is 0 Å². The summed E-state index contributed by atoms with van der Waals surface area (Å²) in [5.41, 5.74) is 1.24. The number of nitrogens with one attached hydrogen (secondary N) is 2. The van der Waals surface area contributed by atoms with E-state index in [1.165, 1.54) is 10.4 Å². The SMILES string of the molecule is CCNC(=NCc1ncc(C)s1)NCCCOc1ccc(C)cc1.I. The molecule has 0 spiro atoms. The molecule has 0 bridgehead atoms. The second-order valence-electron chi connectivity index (χ2n) is 5.50. The lowest BCUT2D eigenvalue weighted by Gasteiger charge is -2.11. The van der Waals surface area contributed by atoms with Gasteiger partial charge in [-0.05, 0) is 39.3 Å². The molecule has 0 atom stereocenters. The smallest absolute Gasteiger partial charge is 0.191 e. The second-order valence-corrected chi connectivity index (χ2v) is 6.82. The Bertz CT molecular complexity index is 643. The number of benzene rings is 1. The molecular weight excluding hydrogens is 447 g/mol. The summed E-state index contributed by atoms with van der Waals surface area (Å²) in [5, 5.41) is 7.61. The summed E-state index contributed by atoms with van der Waals surface area (Å²) in [7, 11) is 0. The fourth-order valence-electron chi connectivity index (χ4n) is 2.07. The molecule has 2 N–H and O–H groups in total. The van der Waals surface area contributed by atoms with Crippen LogP contribution in [0.1, 0.15) is 28.8 Å². The Morgan fingerprint density at radius 1 is 1.20 bits per heavy atom. The monoisotopic (exact) mass is 474 g/mol.